The molecule has 0 aliphatic carbocycles. The van der Waals surface area contributed by atoms with E-state index in [1.54, 1.807) is 0 Å². The van der Waals surface area contributed by atoms with E-state index in [-0.39, 0.29) is 5.16 Å². The van der Waals surface area contributed by atoms with E-state index < -0.39 is 9.52 Å². The molecule has 5 rings (SSSR count). The van der Waals surface area contributed by atoms with Gasteiger partial charge in [0.15, 0.2) is 0 Å². The highest BCUT2D eigenvalue weighted by Gasteiger charge is 2.36. The number of hydrogen-bond donors (Lipinski definition) is 0. The molecular formula is C36H39BN2Si. The van der Waals surface area contributed by atoms with Crippen molar-refractivity contribution < 1.29 is 0 Å². The number of imidazole rings is 1. The molecule has 4 heteroatoms. The number of benzene rings is 4. The Bertz CT molecular complexity index is 1330. The van der Waals surface area contributed by atoms with Gasteiger partial charge in [0, 0.05) is 12.4 Å². The summed E-state index contributed by atoms with van der Waals surface area (Å²) in [4.78, 5) is 4.37. The number of aromatic nitrogens is 2. The molecule has 2 nitrogen and oxygen atoms in total. The maximum Gasteiger partial charge on any atom is 0.233 e. The highest BCUT2D eigenvalue weighted by Crippen LogP contribution is 2.35. The zero-order valence-corrected chi connectivity index (χ0v) is 24.9. The van der Waals surface area contributed by atoms with Crippen molar-refractivity contribution in [3.8, 4) is 0 Å². The molecule has 1 atom stereocenters. The van der Waals surface area contributed by atoms with Gasteiger partial charge in [0.05, 0.1) is 21.0 Å². The van der Waals surface area contributed by atoms with Gasteiger partial charge in [-0.05, 0) is 23.5 Å². The Morgan fingerprint density at radius 2 is 1.25 bits per heavy atom. The zero-order chi connectivity index (χ0) is 28.0. The Hall–Kier alpha value is -4.15. The van der Waals surface area contributed by atoms with Crippen LogP contribution in [-0.4, -0.2) is 25.8 Å². The molecule has 200 valence electrons. The van der Waals surface area contributed by atoms with E-state index in [4.69, 9.17) is 0 Å². The van der Waals surface area contributed by atoms with E-state index in [1.165, 1.54) is 28.1 Å². The average molecular weight is 539 g/mol. The lowest BCUT2D eigenvalue weighted by Gasteiger charge is -2.37. The van der Waals surface area contributed by atoms with Gasteiger partial charge >= 0.3 is 0 Å². The van der Waals surface area contributed by atoms with Crippen LogP contribution < -0.4 is 10.9 Å². The zero-order valence-electron chi connectivity index (χ0n) is 23.5. The second-order valence-electron chi connectivity index (χ2n) is 10.3. The normalized spacial score (nSPS) is 11.8. The van der Waals surface area contributed by atoms with Crippen molar-refractivity contribution in [2.45, 2.75) is 24.6 Å². The first kappa shape index (κ1) is 28.8. The number of rotatable bonds is 11. The maximum absolute atomic E-state index is 4.37. The summed E-state index contributed by atoms with van der Waals surface area (Å²) in [5.74, 6) is 2.66. The molecule has 0 spiro atoms. The molecule has 4 aromatic carbocycles. The Morgan fingerprint density at radius 1 is 0.775 bits per heavy atom. The summed E-state index contributed by atoms with van der Waals surface area (Å²) < 4.78 is 2.32. The minimum Gasteiger partial charge on any atom is -0.327 e. The fourth-order valence-corrected chi connectivity index (χ4v) is 8.08. The minimum absolute atomic E-state index is 0.103. The van der Waals surface area contributed by atoms with Gasteiger partial charge in [0.1, 0.15) is 0 Å². The van der Waals surface area contributed by atoms with Crippen LogP contribution in [-0.2, 0) is 5.16 Å². The van der Waals surface area contributed by atoms with Crippen molar-refractivity contribution in [2.75, 3.05) is 0 Å². The van der Waals surface area contributed by atoms with Crippen LogP contribution in [0.25, 0.3) is 0 Å². The number of hydrogen-bond acceptors (Lipinski definition) is 1. The van der Waals surface area contributed by atoms with Crippen LogP contribution in [0, 0.1) is 5.92 Å². The Morgan fingerprint density at radius 3 is 1.65 bits per heavy atom. The summed E-state index contributed by atoms with van der Waals surface area (Å²) in [6.07, 6.45) is 9.11. The summed E-state index contributed by atoms with van der Waals surface area (Å²) in [6, 6.07) is 44.0. The molecule has 0 aliphatic heterocycles. The van der Waals surface area contributed by atoms with E-state index in [2.05, 4.69) is 145 Å². The van der Waals surface area contributed by atoms with Gasteiger partial charge in [0.2, 0.25) is 6.71 Å². The second-order valence-corrected chi connectivity index (χ2v) is 12.4. The molecule has 0 amide bonds. The highest BCUT2D eigenvalue weighted by atomic mass is 28.2. The van der Waals surface area contributed by atoms with Crippen LogP contribution in [0.1, 0.15) is 24.5 Å². The third-order valence-electron chi connectivity index (χ3n) is 7.57. The fourth-order valence-electron chi connectivity index (χ4n) is 5.44. The van der Waals surface area contributed by atoms with Gasteiger partial charge in [-0.2, -0.15) is 0 Å². The number of nitrogens with zero attached hydrogens (tertiary/aromatic N) is 2. The van der Waals surface area contributed by atoms with Crippen molar-refractivity contribution in [3.63, 3.8) is 0 Å². The van der Waals surface area contributed by atoms with Crippen molar-refractivity contribution in [1.29, 1.82) is 0 Å². The van der Waals surface area contributed by atoms with Crippen LogP contribution in [0.5, 0.6) is 0 Å². The summed E-state index contributed by atoms with van der Waals surface area (Å²) in [5.41, 5.74) is 5.30. The average Bonchev–Trinajstić information content (AvgIpc) is 3.56. The topological polar surface area (TPSA) is 17.8 Å². The van der Waals surface area contributed by atoms with E-state index in [0.717, 1.165) is 6.42 Å². The predicted molar refractivity (Wildman–Crippen MR) is 177 cm³/mol. The van der Waals surface area contributed by atoms with Crippen molar-refractivity contribution in [3.05, 3.63) is 176 Å². The molecule has 1 unspecified atom stereocenters. The lowest BCUT2D eigenvalue weighted by atomic mass is 9.41. The Labute approximate surface area is 243 Å². The molecule has 1 aromatic heterocycles. The molecule has 0 N–H and O–H groups in total. The highest BCUT2D eigenvalue weighted by molar-refractivity contribution is 6.89. The molecule has 0 saturated carbocycles. The first-order valence-corrected chi connectivity index (χ1v) is 15.8. The van der Waals surface area contributed by atoms with E-state index in [9.17, 15) is 0 Å². The van der Waals surface area contributed by atoms with Gasteiger partial charge in [-0.25, -0.2) is 4.98 Å². The van der Waals surface area contributed by atoms with Crippen molar-refractivity contribution in [1.82, 2.24) is 9.55 Å². The third-order valence-corrected chi connectivity index (χ3v) is 10.7. The van der Waals surface area contributed by atoms with Gasteiger partial charge in [-0.1, -0.05) is 151 Å². The van der Waals surface area contributed by atoms with Gasteiger partial charge in [-0.15, -0.1) is 19.1 Å². The number of allylic oxidation sites excluding steroid dienone is 1. The van der Waals surface area contributed by atoms with Gasteiger partial charge < -0.3 is 4.57 Å². The van der Waals surface area contributed by atoms with Crippen LogP contribution in [0.2, 0.25) is 6.04 Å². The molecular weight excluding hydrogens is 499 g/mol. The quantitative estimate of drug-likeness (QED) is 0.140. The molecule has 0 bridgehead atoms. The van der Waals surface area contributed by atoms with E-state index in [1.807, 2.05) is 36.7 Å². The molecule has 1 heterocycles. The van der Waals surface area contributed by atoms with Crippen LogP contribution in [0.4, 0.5) is 0 Å². The van der Waals surface area contributed by atoms with Crippen molar-refractivity contribution >= 4 is 27.2 Å². The first-order chi connectivity index (χ1) is 19.7. The summed E-state index contributed by atoms with van der Waals surface area (Å²) in [7, 11) is -0.540. The first-order valence-electron chi connectivity index (χ1n) is 14.1. The van der Waals surface area contributed by atoms with Gasteiger partial charge in [0.25, 0.3) is 0 Å². The molecule has 0 fully saturated rings. The summed E-state index contributed by atoms with van der Waals surface area (Å²) in [5, 5.41) is -0.103. The smallest absolute Gasteiger partial charge is 0.233 e. The summed E-state index contributed by atoms with van der Waals surface area (Å²) in [6.45, 7) is 10.5. The van der Waals surface area contributed by atoms with E-state index in [0.29, 0.717) is 12.6 Å². The van der Waals surface area contributed by atoms with E-state index >= 15 is 0 Å². The maximum atomic E-state index is 4.37. The molecule has 40 heavy (non-hydrogen) atoms. The third kappa shape index (κ3) is 7.08. The SMILES string of the molecule is C=CB(c1ccccc1)c1ccccc1.C=CCC(C)C[SiH2]C(c1ccccc1)(c1ccccc1)n1ccnc1. The molecule has 0 aliphatic rings. The molecule has 0 radical (unpaired) electrons. The Kier molecular flexibility index (Phi) is 10.7. The minimum atomic E-state index is -0.540. The fraction of sp³-hybridized carbons (Fsp3) is 0.139. The standard InChI is InChI=1S/C22H26N2Si.C14H13B/c1-3-10-19(2)17-25-22(24-16-15-23-18-24,20-11-6-4-7-12-20)21-13-8-5-9-14-21;1-2-15(13-9-5-3-6-10-13)14-11-7-4-8-12-14/h3-9,11-16,18-19H,1,10,17,25H2,2H3;2-12H,1H2. The van der Waals surface area contributed by atoms with Crippen LogP contribution in [0.3, 0.4) is 0 Å². The second kappa shape index (κ2) is 14.9. The molecule has 0 saturated heterocycles. The van der Waals surface area contributed by atoms with Crippen molar-refractivity contribution in [2.24, 2.45) is 5.92 Å². The Balaban J connectivity index is 0.000000210. The summed E-state index contributed by atoms with van der Waals surface area (Å²) >= 11 is 0. The monoisotopic (exact) mass is 538 g/mol. The van der Waals surface area contributed by atoms with Gasteiger partial charge in [-0.3, -0.25) is 0 Å². The lowest BCUT2D eigenvalue weighted by molar-refractivity contribution is 0.573. The predicted octanol–water partition coefficient (Wildman–Crippen LogP) is 6.45. The lowest BCUT2D eigenvalue weighted by Crippen LogP contribution is -2.42. The van der Waals surface area contributed by atoms with Crippen LogP contribution in [0.15, 0.2) is 165 Å². The molecule has 5 aromatic rings. The van der Waals surface area contributed by atoms with Crippen LogP contribution >= 0.6 is 0 Å². The largest absolute Gasteiger partial charge is 0.327 e.